The Hall–Kier alpha value is -2.50. The van der Waals surface area contributed by atoms with E-state index in [0.717, 1.165) is 25.9 Å². The van der Waals surface area contributed by atoms with E-state index in [-0.39, 0.29) is 12.5 Å². The van der Waals surface area contributed by atoms with Crippen LogP contribution < -0.4 is 0 Å². The van der Waals surface area contributed by atoms with Crippen LogP contribution >= 0.6 is 0 Å². The fourth-order valence-corrected chi connectivity index (χ4v) is 2.81. The maximum absolute atomic E-state index is 12.1. The van der Waals surface area contributed by atoms with Gasteiger partial charge in [0.25, 0.3) is 5.91 Å². The number of fused-ring (bicyclic) bond motifs is 1. The number of aromatic nitrogens is 2. The molecule has 0 unspecified atom stereocenters. The third kappa shape index (κ3) is 3.64. The van der Waals surface area contributed by atoms with Crippen molar-refractivity contribution in [3.63, 3.8) is 0 Å². The minimum absolute atomic E-state index is 0.134. The lowest BCUT2D eigenvalue weighted by atomic mass is 10.0. The number of piperidine rings is 1. The fourth-order valence-electron chi connectivity index (χ4n) is 2.81. The molecule has 1 fully saturated rings. The zero-order chi connectivity index (χ0) is 16.2. The van der Waals surface area contributed by atoms with Gasteiger partial charge in [0.1, 0.15) is 0 Å². The number of carbonyl (C=O) groups excluding carboxylic acids is 2. The summed E-state index contributed by atoms with van der Waals surface area (Å²) in [6.07, 6.45) is 5.31. The number of likely N-dealkylation sites (tertiary alicyclic amines) is 1. The van der Waals surface area contributed by atoms with Crippen LogP contribution in [0, 0.1) is 5.92 Å². The summed E-state index contributed by atoms with van der Waals surface area (Å²) in [5, 5.41) is 0. The van der Waals surface area contributed by atoms with Gasteiger partial charge in [-0.15, -0.1) is 0 Å². The van der Waals surface area contributed by atoms with E-state index in [9.17, 15) is 9.59 Å². The Morgan fingerprint density at radius 2 is 2.04 bits per heavy atom. The number of carbonyl (C=O) groups is 2. The van der Waals surface area contributed by atoms with Crippen molar-refractivity contribution in [2.75, 3.05) is 19.7 Å². The minimum atomic E-state index is -0.518. The maximum atomic E-state index is 12.1. The molecule has 2 heterocycles. The number of nitrogens with zero attached hydrogens (tertiary/aromatic N) is 3. The van der Waals surface area contributed by atoms with Gasteiger partial charge >= 0.3 is 5.97 Å². The first-order valence-corrected chi connectivity index (χ1v) is 7.79. The Labute approximate surface area is 134 Å². The third-order valence-electron chi connectivity index (χ3n) is 4.04. The largest absolute Gasteiger partial charge is 0.452 e. The molecule has 1 atom stereocenters. The molecule has 0 bridgehead atoms. The first-order valence-electron chi connectivity index (χ1n) is 7.79. The van der Waals surface area contributed by atoms with Crippen LogP contribution in [0.25, 0.3) is 11.0 Å². The average molecular weight is 313 g/mol. The van der Waals surface area contributed by atoms with Crippen LogP contribution in [0.15, 0.2) is 30.6 Å². The first kappa shape index (κ1) is 15.4. The van der Waals surface area contributed by atoms with Gasteiger partial charge in [-0.1, -0.05) is 6.92 Å². The Morgan fingerprint density at radius 3 is 2.83 bits per heavy atom. The summed E-state index contributed by atoms with van der Waals surface area (Å²) in [5.41, 5.74) is 1.71. The number of hydrogen-bond donors (Lipinski definition) is 0. The zero-order valence-corrected chi connectivity index (χ0v) is 13.1. The van der Waals surface area contributed by atoms with Gasteiger partial charge in [-0.2, -0.15) is 0 Å². The molecule has 1 aliphatic rings. The monoisotopic (exact) mass is 313 g/mol. The highest BCUT2D eigenvalue weighted by Gasteiger charge is 2.22. The quantitative estimate of drug-likeness (QED) is 0.811. The highest BCUT2D eigenvalue weighted by molar-refractivity contribution is 5.94. The summed E-state index contributed by atoms with van der Waals surface area (Å²) in [6, 6.07) is 4.97. The molecule has 0 aliphatic carbocycles. The Balaban J connectivity index is 1.60. The van der Waals surface area contributed by atoms with Crippen molar-refractivity contribution >= 4 is 22.9 Å². The van der Waals surface area contributed by atoms with Crippen LogP contribution in [0.4, 0.5) is 0 Å². The maximum Gasteiger partial charge on any atom is 0.338 e. The lowest BCUT2D eigenvalue weighted by Crippen LogP contribution is -2.41. The molecule has 1 aliphatic heterocycles. The van der Waals surface area contributed by atoms with E-state index < -0.39 is 5.97 Å². The molecule has 1 saturated heterocycles. The van der Waals surface area contributed by atoms with Crippen molar-refractivity contribution < 1.29 is 14.3 Å². The van der Waals surface area contributed by atoms with Crippen LogP contribution in [0.2, 0.25) is 0 Å². The second-order valence-electron chi connectivity index (χ2n) is 5.92. The van der Waals surface area contributed by atoms with Crippen LogP contribution in [0.3, 0.4) is 0 Å². The molecule has 23 heavy (non-hydrogen) atoms. The Morgan fingerprint density at radius 1 is 1.26 bits per heavy atom. The second kappa shape index (κ2) is 6.73. The molecule has 0 N–H and O–H groups in total. The van der Waals surface area contributed by atoms with E-state index in [2.05, 4.69) is 16.9 Å². The number of esters is 1. The highest BCUT2D eigenvalue weighted by atomic mass is 16.5. The summed E-state index contributed by atoms with van der Waals surface area (Å²) in [7, 11) is 0. The number of hydrogen-bond acceptors (Lipinski definition) is 5. The highest BCUT2D eigenvalue weighted by Crippen LogP contribution is 2.16. The van der Waals surface area contributed by atoms with Crippen molar-refractivity contribution in [1.82, 2.24) is 14.9 Å². The first-order chi connectivity index (χ1) is 11.1. The molecular formula is C17H19N3O3. The van der Waals surface area contributed by atoms with Gasteiger partial charge in [0, 0.05) is 25.5 Å². The number of amides is 1. The van der Waals surface area contributed by atoms with E-state index in [0.29, 0.717) is 22.5 Å². The van der Waals surface area contributed by atoms with Crippen molar-refractivity contribution in [2.45, 2.75) is 19.8 Å². The van der Waals surface area contributed by atoms with Gasteiger partial charge in [-0.3, -0.25) is 14.8 Å². The number of ether oxygens (including phenoxy) is 1. The molecule has 2 aromatic rings. The summed E-state index contributed by atoms with van der Waals surface area (Å²) < 4.78 is 5.15. The van der Waals surface area contributed by atoms with Crippen molar-refractivity contribution in [3.8, 4) is 0 Å². The van der Waals surface area contributed by atoms with Gasteiger partial charge in [-0.25, -0.2) is 4.79 Å². The van der Waals surface area contributed by atoms with E-state index in [4.69, 9.17) is 4.74 Å². The SMILES string of the molecule is C[C@H]1CCCN(C(=O)COC(=O)c2ccc3nccnc3c2)C1. The lowest BCUT2D eigenvalue weighted by molar-refractivity contribution is -0.136. The molecule has 1 amide bonds. The van der Waals surface area contributed by atoms with E-state index in [1.54, 1.807) is 35.5 Å². The van der Waals surface area contributed by atoms with Gasteiger partial charge < -0.3 is 9.64 Å². The summed E-state index contributed by atoms with van der Waals surface area (Å²) in [4.78, 5) is 34.3. The van der Waals surface area contributed by atoms with Gasteiger partial charge in [0.2, 0.25) is 0 Å². The van der Waals surface area contributed by atoms with Crippen LogP contribution in [0.5, 0.6) is 0 Å². The molecular weight excluding hydrogens is 294 g/mol. The second-order valence-corrected chi connectivity index (χ2v) is 5.92. The predicted octanol–water partition coefficient (Wildman–Crippen LogP) is 2.05. The molecule has 6 heteroatoms. The molecule has 1 aromatic carbocycles. The number of benzene rings is 1. The van der Waals surface area contributed by atoms with Crippen LogP contribution in [-0.2, 0) is 9.53 Å². The van der Waals surface area contributed by atoms with Gasteiger partial charge in [0.15, 0.2) is 6.61 Å². The molecule has 0 spiro atoms. The van der Waals surface area contributed by atoms with Gasteiger partial charge in [0.05, 0.1) is 16.6 Å². The van der Waals surface area contributed by atoms with Crippen molar-refractivity contribution in [3.05, 3.63) is 36.2 Å². The Kier molecular flexibility index (Phi) is 4.50. The van der Waals surface area contributed by atoms with Crippen molar-refractivity contribution in [2.24, 2.45) is 5.92 Å². The minimum Gasteiger partial charge on any atom is -0.452 e. The van der Waals surface area contributed by atoms with E-state index in [1.165, 1.54) is 0 Å². The summed E-state index contributed by atoms with van der Waals surface area (Å²) >= 11 is 0. The third-order valence-corrected chi connectivity index (χ3v) is 4.04. The fraction of sp³-hybridized carbons (Fsp3) is 0.412. The van der Waals surface area contributed by atoms with Crippen molar-refractivity contribution in [1.29, 1.82) is 0 Å². The zero-order valence-electron chi connectivity index (χ0n) is 13.1. The Bertz CT molecular complexity index is 732. The topological polar surface area (TPSA) is 72.4 Å². The molecule has 120 valence electrons. The van der Waals surface area contributed by atoms with E-state index in [1.807, 2.05) is 0 Å². The molecule has 0 radical (unpaired) electrons. The predicted molar refractivity (Wildman–Crippen MR) is 84.8 cm³/mol. The summed E-state index contributed by atoms with van der Waals surface area (Å²) in [5.74, 6) is -0.149. The summed E-state index contributed by atoms with van der Waals surface area (Å²) in [6.45, 7) is 3.39. The average Bonchev–Trinajstić information content (AvgIpc) is 2.59. The van der Waals surface area contributed by atoms with Gasteiger partial charge in [-0.05, 0) is 37.0 Å². The molecule has 0 saturated carbocycles. The lowest BCUT2D eigenvalue weighted by Gasteiger charge is -2.30. The smallest absolute Gasteiger partial charge is 0.338 e. The van der Waals surface area contributed by atoms with E-state index >= 15 is 0 Å². The molecule has 6 nitrogen and oxygen atoms in total. The van der Waals surface area contributed by atoms with Crippen LogP contribution in [-0.4, -0.2) is 46.4 Å². The standard InChI is InChI=1S/C17H19N3O3/c1-12-3-2-8-20(10-12)16(21)11-23-17(22)13-4-5-14-15(9-13)19-7-6-18-14/h4-7,9,12H,2-3,8,10-11H2,1H3/t12-/m0/s1. The number of rotatable bonds is 3. The molecule has 3 rings (SSSR count). The van der Waals surface area contributed by atoms with Crippen LogP contribution in [0.1, 0.15) is 30.1 Å². The normalized spacial score (nSPS) is 18.0. The molecule has 1 aromatic heterocycles.